The number of thiazole rings is 1. The Hall–Kier alpha value is -3.04. The first-order chi connectivity index (χ1) is 14.5. The van der Waals surface area contributed by atoms with Gasteiger partial charge in [0.05, 0.1) is 19.5 Å². The van der Waals surface area contributed by atoms with Crippen molar-refractivity contribution >= 4 is 45.7 Å². The monoisotopic (exact) mass is 443 g/mol. The van der Waals surface area contributed by atoms with E-state index in [-0.39, 0.29) is 17.1 Å². The van der Waals surface area contributed by atoms with E-state index in [0.717, 1.165) is 4.90 Å². The highest BCUT2D eigenvalue weighted by Crippen LogP contribution is 2.30. The van der Waals surface area contributed by atoms with E-state index in [1.807, 2.05) is 19.1 Å². The van der Waals surface area contributed by atoms with E-state index in [4.69, 9.17) is 9.47 Å². The Morgan fingerprint density at radius 2 is 1.70 bits per heavy atom. The van der Waals surface area contributed by atoms with E-state index in [0.29, 0.717) is 27.9 Å². The van der Waals surface area contributed by atoms with Crippen LogP contribution in [-0.2, 0) is 4.79 Å². The number of rotatable bonds is 8. The van der Waals surface area contributed by atoms with E-state index in [2.05, 4.69) is 15.6 Å². The lowest BCUT2D eigenvalue weighted by molar-refractivity contribution is -0.115. The Morgan fingerprint density at radius 1 is 1.03 bits per heavy atom. The summed E-state index contributed by atoms with van der Waals surface area (Å²) >= 11 is 2.80. The summed E-state index contributed by atoms with van der Waals surface area (Å²) in [7, 11) is 3.01. The number of carbonyl (C=O) groups excluding carboxylic acids is 2. The van der Waals surface area contributed by atoms with Crippen LogP contribution in [-0.4, -0.2) is 36.3 Å². The van der Waals surface area contributed by atoms with Gasteiger partial charge < -0.3 is 20.1 Å². The van der Waals surface area contributed by atoms with Crippen LogP contribution in [0, 0.1) is 0 Å². The van der Waals surface area contributed by atoms with Gasteiger partial charge in [-0.05, 0) is 43.3 Å². The van der Waals surface area contributed by atoms with Gasteiger partial charge in [0.2, 0.25) is 5.91 Å². The third-order valence-electron chi connectivity index (χ3n) is 4.11. The molecule has 3 rings (SSSR count). The number of nitrogens with one attached hydrogen (secondary N) is 2. The zero-order valence-electron chi connectivity index (χ0n) is 16.7. The van der Waals surface area contributed by atoms with E-state index in [1.54, 1.807) is 41.9 Å². The molecule has 7 nitrogen and oxygen atoms in total. The minimum atomic E-state index is -0.333. The van der Waals surface area contributed by atoms with Gasteiger partial charge in [-0.15, -0.1) is 23.1 Å². The zero-order valence-corrected chi connectivity index (χ0v) is 18.3. The molecule has 1 atom stereocenters. The molecule has 2 N–H and O–H groups in total. The van der Waals surface area contributed by atoms with E-state index in [9.17, 15) is 9.59 Å². The number of aromatic nitrogens is 1. The third-order valence-corrected chi connectivity index (χ3v) is 5.91. The van der Waals surface area contributed by atoms with Crippen molar-refractivity contribution in [3.05, 3.63) is 59.6 Å². The third kappa shape index (κ3) is 5.31. The number of carbonyl (C=O) groups is 2. The van der Waals surface area contributed by atoms with Crippen molar-refractivity contribution in [3.8, 4) is 11.5 Å². The Balaban J connectivity index is 1.63. The fourth-order valence-electron chi connectivity index (χ4n) is 2.64. The number of nitrogens with zero attached hydrogens (tertiary/aromatic N) is 1. The SMILES string of the molecule is COc1cccc(OC)c1C(=O)Nc1ccc(SC(C)C(=O)Nc2nccs2)cc1. The van der Waals surface area contributed by atoms with E-state index < -0.39 is 0 Å². The van der Waals surface area contributed by atoms with Crippen molar-refractivity contribution in [2.24, 2.45) is 0 Å². The number of hydrogen-bond acceptors (Lipinski definition) is 7. The van der Waals surface area contributed by atoms with Gasteiger partial charge in [0.15, 0.2) is 5.13 Å². The average Bonchev–Trinajstić information content (AvgIpc) is 3.27. The highest BCUT2D eigenvalue weighted by molar-refractivity contribution is 8.00. The smallest absolute Gasteiger partial charge is 0.263 e. The number of anilines is 2. The fourth-order valence-corrected chi connectivity index (χ4v) is 4.03. The first-order valence-corrected chi connectivity index (χ1v) is 10.8. The van der Waals surface area contributed by atoms with Crippen LogP contribution < -0.4 is 20.1 Å². The number of benzene rings is 2. The molecule has 0 spiro atoms. The molecule has 1 aromatic heterocycles. The summed E-state index contributed by atoms with van der Waals surface area (Å²) in [6, 6.07) is 12.4. The van der Waals surface area contributed by atoms with Crippen LogP contribution in [0.5, 0.6) is 11.5 Å². The molecule has 0 aliphatic carbocycles. The fraction of sp³-hybridized carbons (Fsp3) is 0.190. The van der Waals surface area contributed by atoms with Crippen LogP contribution in [0.25, 0.3) is 0 Å². The molecule has 0 saturated heterocycles. The van der Waals surface area contributed by atoms with Crippen molar-refractivity contribution in [2.45, 2.75) is 17.1 Å². The molecule has 0 saturated carbocycles. The topological polar surface area (TPSA) is 89.5 Å². The van der Waals surface area contributed by atoms with Gasteiger partial charge in [-0.25, -0.2) is 4.98 Å². The summed E-state index contributed by atoms with van der Waals surface area (Å²) in [5.41, 5.74) is 0.950. The van der Waals surface area contributed by atoms with Gasteiger partial charge in [-0.1, -0.05) is 6.07 Å². The van der Waals surface area contributed by atoms with Gasteiger partial charge in [0.25, 0.3) is 5.91 Å². The normalized spacial score (nSPS) is 11.4. The molecule has 2 aromatic carbocycles. The number of amides is 2. The molecule has 0 fully saturated rings. The van der Waals surface area contributed by atoms with Crippen LogP contribution in [0.2, 0.25) is 0 Å². The maximum Gasteiger partial charge on any atom is 0.263 e. The van der Waals surface area contributed by atoms with Crippen LogP contribution in [0.4, 0.5) is 10.8 Å². The number of methoxy groups -OCH3 is 2. The molecule has 2 amide bonds. The van der Waals surface area contributed by atoms with Crippen molar-refractivity contribution in [2.75, 3.05) is 24.9 Å². The molecule has 9 heteroatoms. The summed E-state index contributed by atoms with van der Waals surface area (Å²) in [5, 5.41) is 7.72. The molecule has 3 aromatic rings. The molecule has 156 valence electrons. The van der Waals surface area contributed by atoms with Crippen molar-refractivity contribution in [3.63, 3.8) is 0 Å². The Labute approximate surface area is 182 Å². The van der Waals surface area contributed by atoms with Gasteiger partial charge in [0.1, 0.15) is 17.1 Å². The minimum absolute atomic E-state index is 0.115. The van der Waals surface area contributed by atoms with Crippen molar-refractivity contribution in [1.29, 1.82) is 0 Å². The molecule has 0 aliphatic rings. The summed E-state index contributed by atoms with van der Waals surface area (Å²) in [5.74, 6) is 0.412. The molecule has 0 bridgehead atoms. The van der Waals surface area contributed by atoms with Crippen molar-refractivity contribution in [1.82, 2.24) is 4.98 Å². The van der Waals surface area contributed by atoms with E-state index in [1.165, 1.54) is 37.3 Å². The highest BCUT2D eigenvalue weighted by atomic mass is 32.2. The summed E-state index contributed by atoms with van der Waals surface area (Å²) in [6.45, 7) is 1.83. The summed E-state index contributed by atoms with van der Waals surface area (Å²) in [4.78, 5) is 30.0. The average molecular weight is 444 g/mol. The molecule has 0 aliphatic heterocycles. The predicted octanol–water partition coefficient (Wildman–Crippen LogP) is 4.53. The molecule has 30 heavy (non-hydrogen) atoms. The molecular formula is C21H21N3O4S2. The van der Waals surface area contributed by atoms with Crippen LogP contribution in [0.15, 0.2) is 58.9 Å². The Bertz CT molecular complexity index is 985. The van der Waals surface area contributed by atoms with Crippen LogP contribution in [0.3, 0.4) is 0 Å². The maximum atomic E-state index is 12.7. The van der Waals surface area contributed by atoms with Crippen LogP contribution in [0.1, 0.15) is 17.3 Å². The predicted molar refractivity (Wildman–Crippen MR) is 120 cm³/mol. The van der Waals surface area contributed by atoms with Crippen molar-refractivity contribution < 1.29 is 19.1 Å². The highest BCUT2D eigenvalue weighted by Gasteiger charge is 2.19. The minimum Gasteiger partial charge on any atom is -0.496 e. The number of ether oxygens (including phenoxy) is 2. The van der Waals surface area contributed by atoms with Gasteiger partial charge >= 0.3 is 0 Å². The largest absolute Gasteiger partial charge is 0.496 e. The Morgan fingerprint density at radius 3 is 2.27 bits per heavy atom. The molecular weight excluding hydrogens is 422 g/mol. The second kappa shape index (κ2) is 10.1. The molecule has 0 radical (unpaired) electrons. The standard InChI is InChI=1S/C21H21N3O4S2/c1-13(19(25)24-21-22-11-12-29-21)30-15-9-7-14(8-10-15)23-20(26)18-16(27-2)5-4-6-17(18)28-3/h4-13H,1-3H3,(H,23,26)(H,22,24,25). The van der Waals surface area contributed by atoms with Gasteiger partial charge in [-0.2, -0.15) is 0 Å². The maximum absolute atomic E-state index is 12.7. The lowest BCUT2D eigenvalue weighted by Crippen LogP contribution is -2.22. The molecule has 1 heterocycles. The first kappa shape index (κ1) is 21.7. The lowest BCUT2D eigenvalue weighted by Gasteiger charge is -2.14. The van der Waals surface area contributed by atoms with Gasteiger partial charge in [0, 0.05) is 22.2 Å². The first-order valence-electron chi connectivity index (χ1n) is 9.01. The van der Waals surface area contributed by atoms with Crippen LogP contribution >= 0.6 is 23.1 Å². The number of hydrogen-bond donors (Lipinski definition) is 2. The summed E-state index contributed by atoms with van der Waals surface area (Å²) in [6.07, 6.45) is 1.64. The zero-order chi connectivity index (χ0) is 21.5. The number of thioether (sulfide) groups is 1. The summed E-state index contributed by atoms with van der Waals surface area (Å²) < 4.78 is 10.6. The second-order valence-corrected chi connectivity index (χ2v) is 8.41. The van der Waals surface area contributed by atoms with Gasteiger partial charge in [-0.3, -0.25) is 9.59 Å². The molecule has 1 unspecified atom stereocenters. The quantitative estimate of drug-likeness (QED) is 0.497. The lowest BCUT2D eigenvalue weighted by atomic mass is 10.1. The Kier molecular flexibility index (Phi) is 7.31. The second-order valence-electron chi connectivity index (χ2n) is 6.10. The van der Waals surface area contributed by atoms with E-state index >= 15 is 0 Å².